The molecule has 0 N–H and O–H groups in total. The van der Waals surface area contributed by atoms with Crippen LogP contribution in [-0.4, -0.2) is 58.1 Å². The Morgan fingerprint density at radius 1 is 1.00 bits per heavy atom. The Hall–Kier alpha value is -2.80. The van der Waals surface area contributed by atoms with Gasteiger partial charge in [-0.25, -0.2) is 19.9 Å². The van der Waals surface area contributed by atoms with Crippen molar-refractivity contribution >= 4 is 16.6 Å². The molecule has 0 bridgehead atoms. The van der Waals surface area contributed by atoms with Gasteiger partial charge >= 0.3 is 0 Å². The average molecular weight is 390 g/mol. The highest BCUT2D eigenvalue weighted by Crippen LogP contribution is 2.34. The van der Waals surface area contributed by atoms with E-state index in [1.807, 2.05) is 18.5 Å². The summed E-state index contributed by atoms with van der Waals surface area (Å²) in [6.45, 7) is 4.93. The first kappa shape index (κ1) is 18.2. The number of rotatable bonds is 5. The summed E-state index contributed by atoms with van der Waals surface area (Å²) in [6.07, 6.45) is 9.38. The molecule has 0 amide bonds. The summed E-state index contributed by atoms with van der Waals surface area (Å²) in [5, 5.41) is 0.957. The molecule has 0 atom stereocenters. The van der Waals surface area contributed by atoms with Gasteiger partial charge in [0.1, 0.15) is 12.2 Å². The molecule has 3 heterocycles. The van der Waals surface area contributed by atoms with Gasteiger partial charge < -0.3 is 9.64 Å². The molecule has 5 rings (SSSR count). The van der Waals surface area contributed by atoms with Gasteiger partial charge in [-0.15, -0.1) is 0 Å². The van der Waals surface area contributed by atoms with Gasteiger partial charge in [0.2, 0.25) is 5.88 Å². The van der Waals surface area contributed by atoms with Crippen LogP contribution in [0.25, 0.3) is 10.9 Å². The Morgan fingerprint density at radius 3 is 2.48 bits per heavy atom. The fourth-order valence-electron chi connectivity index (χ4n) is 4.13. The van der Waals surface area contributed by atoms with Crippen molar-refractivity contribution in [1.82, 2.24) is 24.8 Å². The third-order valence-electron chi connectivity index (χ3n) is 6.11. The molecule has 0 spiro atoms. The maximum atomic E-state index is 5.40. The topological polar surface area (TPSA) is 67.3 Å². The Morgan fingerprint density at radius 2 is 1.79 bits per heavy atom. The molecule has 1 saturated heterocycles. The summed E-state index contributed by atoms with van der Waals surface area (Å²) in [7, 11) is 1.65. The Balaban J connectivity index is 1.21. The van der Waals surface area contributed by atoms with Crippen LogP contribution in [0.2, 0.25) is 0 Å². The van der Waals surface area contributed by atoms with E-state index in [0.29, 0.717) is 11.8 Å². The third kappa shape index (κ3) is 3.74. The van der Waals surface area contributed by atoms with Crippen molar-refractivity contribution in [2.45, 2.75) is 31.7 Å². The lowest BCUT2D eigenvalue weighted by Crippen LogP contribution is -2.46. The molecule has 3 aromatic rings. The maximum absolute atomic E-state index is 5.40. The summed E-state index contributed by atoms with van der Waals surface area (Å²) in [4.78, 5) is 22.7. The van der Waals surface area contributed by atoms with Crippen LogP contribution < -0.4 is 9.64 Å². The Labute approximate surface area is 170 Å². The summed E-state index contributed by atoms with van der Waals surface area (Å²) in [5.41, 5.74) is 3.30. The molecule has 0 unspecified atom stereocenters. The maximum Gasteiger partial charge on any atom is 0.224 e. The minimum absolute atomic E-state index is 0.596. The van der Waals surface area contributed by atoms with E-state index in [1.165, 1.54) is 30.5 Å². The molecule has 150 valence electrons. The normalized spacial score (nSPS) is 18.0. The zero-order chi connectivity index (χ0) is 19.6. The summed E-state index contributed by atoms with van der Waals surface area (Å²) in [5.74, 6) is 2.25. The summed E-state index contributed by atoms with van der Waals surface area (Å²) >= 11 is 0. The molecule has 2 fully saturated rings. The number of piperazine rings is 1. The zero-order valence-corrected chi connectivity index (χ0v) is 16.8. The number of nitrogens with zero attached hydrogens (tertiary/aromatic N) is 6. The largest absolute Gasteiger partial charge is 0.480 e. The van der Waals surface area contributed by atoms with Crippen molar-refractivity contribution < 1.29 is 4.74 Å². The third-order valence-corrected chi connectivity index (χ3v) is 6.11. The number of ether oxygens (including phenoxy) is 1. The van der Waals surface area contributed by atoms with Gasteiger partial charge in [-0.3, -0.25) is 4.90 Å². The van der Waals surface area contributed by atoms with E-state index < -0.39 is 0 Å². The monoisotopic (exact) mass is 390 g/mol. The number of hydrogen-bond donors (Lipinski definition) is 0. The second-order valence-corrected chi connectivity index (χ2v) is 7.92. The first-order valence-electron chi connectivity index (χ1n) is 10.4. The second kappa shape index (κ2) is 7.91. The molecule has 2 aromatic heterocycles. The van der Waals surface area contributed by atoms with Gasteiger partial charge in [0, 0.05) is 62.3 Å². The number of fused-ring (bicyclic) bond motifs is 1. The van der Waals surface area contributed by atoms with E-state index in [2.05, 4.69) is 41.9 Å². The van der Waals surface area contributed by atoms with Crippen molar-refractivity contribution in [3.63, 3.8) is 0 Å². The van der Waals surface area contributed by atoms with Crippen LogP contribution in [0.1, 0.15) is 36.6 Å². The van der Waals surface area contributed by atoms with Gasteiger partial charge in [0.15, 0.2) is 0 Å². The number of anilines is 1. The molecule has 1 aliphatic carbocycles. The lowest BCUT2D eigenvalue weighted by atomic mass is 9.85. The molecule has 1 saturated carbocycles. The van der Waals surface area contributed by atoms with Crippen LogP contribution in [0.4, 0.5) is 5.69 Å². The van der Waals surface area contributed by atoms with Gasteiger partial charge in [-0.1, -0.05) is 6.42 Å². The van der Waals surface area contributed by atoms with Crippen molar-refractivity contribution in [2.75, 3.05) is 38.2 Å². The van der Waals surface area contributed by atoms with E-state index in [1.54, 1.807) is 13.4 Å². The molecule has 1 aromatic carbocycles. The molecule has 7 nitrogen and oxygen atoms in total. The fraction of sp³-hybridized carbons (Fsp3) is 0.455. The Bertz CT molecular complexity index is 980. The molecular weight excluding hydrogens is 364 g/mol. The van der Waals surface area contributed by atoms with E-state index in [9.17, 15) is 0 Å². The van der Waals surface area contributed by atoms with E-state index in [-0.39, 0.29) is 0 Å². The predicted molar refractivity (Wildman–Crippen MR) is 112 cm³/mol. The number of benzene rings is 1. The van der Waals surface area contributed by atoms with E-state index >= 15 is 0 Å². The van der Waals surface area contributed by atoms with E-state index in [0.717, 1.165) is 49.5 Å². The molecule has 1 aliphatic heterocycles. The van der Waals surface area contributed by atoms with Crippen LogP contribution in [0.5, 0.6) is 5.88 Å². The average Bonchev–Trinajstić information content (AvgIpc) is 2.73. The zero-order valence-electron chi connectivity index (χ0n) is 16.8. The minimum atomic E-state index is 0.596. The fourth-order valence-corrected chi connectivity index (χ4v) is 4.13. The standard InChI is InChI=1S/C22H26N6O/c1-29-22-19-11-18(5-6-20(19)25-15-26-22)28-9-7-27(8-10-28)14-16-12-23-21(24-13-16)17-3-2-4-17/h5-6,11-13,15,17H,2-4,7-10,14H2,1H3. The van der Waals surface area contributed by atoms with Gasteiger partial charge in [0.25, 0.3) is 0 Å². The van der Waals surface area contributed by atoms with Crippen LogP contribution in [-0.2, 0) is 6.54 Å². The first-order chi connectivity index (χ1) is 14.3. The predicted octanol–water partition coefficient (Wildman–Crippen LogP) is 3.02. The molecule has 2 aliphatic rings. The van der Waals surface area contributed by atoms with Crippen LogP contribution >= 0.6 is 0 Å². The molecule has 29 heavy (non-hydrogen) atoms. The highest BCUT2D eigenvalue weighted by molar-refractivity contribution is 5.86. The van der Waals surface area contributed by atoms with Crippen LogP contribution in [0, 0.1) is 0 Å². The number of methoxy groups -OCH3 is 1. The molecular formula is C22H26N6O. The van der Waals surface area contributed by atoms with Gasteiger partial charge in [0.05, 0.1) is 18.0 Å². The number of hydrogen-bond acceptors (Lipinski definition) is 7. The molecule has 0 radical (unpaired) electrons. The van der Waals surface area contributed by atoms with Crippen molar-refractivity contribution in [3.05, 3.63) is 48.3 Å². The van der Waals surface area contributed by atoms with Crippen LogP contribution in [0.15, 0.2) is 36.9 Å². The van der Waals surface area contributed by atoms with E-state index in [4.69, 9.17) is 4.74 Å². The minimum Gasteiger partial charge on any atom is -0.480 e. The number of aromatic nitrogens is 4. The second-order valence-electron chi connectivity index (χ2n) is 7.92. The highest BCUT2D eigenvalue weighted by Gasteiger charge is 2.22. The summed E-state index contributed by atoms with van der Waals surface area (Å²) in [6, 6.07) is 6.32. The van der Waals surface area contributed by atoms with Crippen molar-refractivity contribution in [2.24, 2.45) is 0 Å². The van der Waals surface area contributed by atoms with Crippen molar-refractivity contribution in [3.8, 4) is 5.88 Å². The first-order valence-corrected chi connectivity index (χ1v) is 10.4. The Kier molecular flexibility index (Phi) is 4.97. The van der Waals surface area contributed by atoms with Gasteiger partial charge in [-0.2, -0.15) is 0 Å². The molecule has 7 heteroatoms. The smallest absolute Gasteiger partial charge is 0.224 e. The van der Waals surface area contributed by atoms with Gasteiger partial charge in [-0.05, 0) is 31.0 Å². The quantitative estimate of drug-likeness (QED) is 0.663. The lowest BCUT2D eigenvalue weighted by molar-refractivity contribution is 0.249. The SMILES string of the molecule is COc1ncnc2ccc(N3CCN(Cc4cnc(C5CCC5)nc4)CC3)cc12. The lowest BCUT2D eigenvalue weighted by Gasteiger charge is -2.36. The highest BCUT2D eigenvalue weighted by atomic mass is 16.5. The van der Waals surface area contributed by atoms with Crippen LogP contribution in [0.3, 0.4) is 0 Å². The van der Waals surface area contributed by atoms with Crippen molar-refractivity contribution in [1.29, 1.82) is 0 Å². The summed E-state index contributed by atoms with van der Waals surface area (Å²) < 4.78 is 5.40.